The molecule has 4 rings (SSSR count). The van der Waals surface area contributed by atoms with E-state index in [1.165, 1.54) is 17.5 Å². The van der Waals surface area contributed by atoms with Crippen LogP contribution in [0.2, 0.25) is 0 Å². The zero-order valence-electron chi connectivity index (χ0n) is 14.1. The number of sulfonamides is 1. The van der Waals surface area contributed by atoms with Crippen LogP contribution in [0, 0.1) is 0 Å². The van der Waals surface area contributed by atoms with Gasteiger partial charge in [-0.1, -0.05) is 24.3 Å². The van der Waals surface area contributed by atoms with Gasteiger partial charge in [-0.3, -0.25) is 0 Å². The molecule has 3 aromatic rings. The van der Waals surface area contributed by atoms with E-state index in [-0.39, 0.29) is 11.4 Å². The number of hydrogen-bond acceptors (Lipinski definition) is 5. The first kappa shape index (κ1) is 16.8. The molecule has 0 aliphatic carbocycles. The molecule has 0 bridgehead atoms. The van der Waals surface area contributed by atoms with E-state index in [9.17, 15) is 13.2 Å². The molecule has 7 heteroatoms. The van der Waals surface area contributed by atoms with E-state index < -0.39 is 15.6 Å². The lowest BCUT2D eigenvalue weighted by Gasteiger charge is -2.27. The van der Waals surface area contributed by atoms with Crippen molar-refractivity contribution in [1.29, 1.82) is 0 Å². The molecule has 0 saturated heterocycles. The second kappa shape index (κ2) is 6.26. The van der Waals surface area contributed by atoms with Crippen LogP contribution in [0.3, 0.4) is 0 Å². The lowest BCUT2D eigenvalue weighted by molar-refractivity contribution is 0.388. The van der Waals surface area contributed by atoms with Crippen molar-refractivity contribution in [3.8, 4) is 5.75 Å². The van der Waals surface area contributed by atoms with E-state index in [1.807, 2.05) is 24.3 Å². The third kappa shape index (κ3) is 2.79. The van der Waals surface area contributed by atoms with Crippen molar-refractivity contribution >= 4 is 21.0 Å². The zero-order valence-corrected chi connectivity index (χ0v) is 15.0. The summed E-state index contributed by atoms with van der Waals surface area (Å²) >= 11 is 0. The van der Waals surface area contributed by atoms with Crippen molar-refractivity contribution < 1.29 is 17.6 Å². The van der Waals surface area contributed by atoms with E-state index in [4.69, 9.17) is 9.15 Å². The Hall–Kier alpha value is -2.64. The van der Waals surface area contributed by atoms with Crippen molar-refractivity contribution in [2.75, 3.05) is 13.7 Å². The Kier molecular flexibility index (Phi) is 4.05. The molecule has 0 fully saturated rings. The number of rotatable bonds is 3. The van der Waals surface area contributed by atoms with Crippen LogP contribution in [0.5, 0.6) is 5.75 Å². The third-order valence-electron chi connectivity index (χ3n) is 4.62. The summed E-state index contributed by atoms with van der Waals surface area (Å²) in [5.41, 5.74) is 1.55. The number of hydrogen-bond donors (Lipinski definition) is 0. The minimum Gasteiger partial charge on any atom is -0.497 e. The summed E-state index contributed by atoms with van der Waals surface area (Å²) in [5, 5.41) is 0.500. The second-order valence-corrected chi connectivity index (χ2v) is 8.07. The molecule has 0 amide bonds. The molecule has 134 valence electrons. The highest BCUT2D eigenvalue weighted by Gasteiger charge is 2.31. The fourth-order valence-electron chi connectivity index (χ4n) is 3.20. The van der Waals surface area contributed by atoms with Crippen molar-refractivity contribution in [3.05, 3.63) is 70.1 Å². The average Bonchev–Trinajstić information content (AvgIpc) is 2.66. The van der Waals surface area contributed by atoms with Crippen LogP contribution in [0.25, 0.3) is 11.0 Å². The average molecular weight is 371 g/mol. The predicted octanol–water partition coefficient (Wildman–Crippen LogP) is 2.55. The maximum Gasteiger partial charge on any atom is 0.356 e. The molecule has 1 aliphatic rings. The minimum atomic E-state index is -3.96. The van der Waals surface area contributed by atoms with Gasteiger partial charge in [-0.25, -0.2) is 13.2 Å². The molecule has 1 aliphatic heterocycles. The van der Waals surface area contributed by atoms with Gasteiger partial charge in [0.1, 0.15) is 11.3 Å². The van der Waals surface area contributed by atoms with Crippen LogP contribution >= 0.6 is 0 Å². The predicted molar refractivity (Wildman–Crippen MR) is 96.8 cm³/mol. The number of methoxy groups -OCH3 is 1. The van der Waals surface area contributed by atoms with Crippen LogP contribution in [0.1, 0.15) is 11.1 Å². The standard InChI is InChI=1S/C19H17NO5S/c1-24-16-6-7-17-15(10-16)11-18(19(21)25-17)26(22,23)20-9-8-13-4-2-3-5-14(13)12-20/h2-7,10-11H,8-9,12H2,1H3. The van der Waals surface area contributed by atoms with Crippen LogP contribution in [0.15, 0.2) is 62.6 Å². The van der Waals surface area contributed by atoms with E-state index in [1.54, 1.807) is 18.2 Å². The fraction of sp³-hybridized carbons (Fsp3) is 0.211. The monoisotopic (exact) mass is 371 g/mol. The first-order valence-corrected chi connectivity index (χ1v) is 9.62. The Morgan fingerprint density at radius 1 is 1.08 bits per heavy atom. The molecular weight excluding hydrogens is 354 g/mol. The number of ether oxygens (including phenoxy) is 1. The summed E-state index contributed by atoms with van der Waals surface area (Å²) in [6.07, 6.45) is 0.613. The molecular formula is C19H17NO5S. The second-order valence-electron chi connectivity index (χ2n) is 6.16. The van der Waals surface area contributed by atoms with Crippen molar-refractivity contribution in [1.82, 2.24) is 4.31 Å². The molecule has 0 unspecified atom stereocenters. The molecule has 0 spiro atoms. The Balaban J connectivity index is 1.78. The number of nitrogens with zero attached hydrogens (tertiary/aromatic N) is 1. The molecule has 0 radical (unpaired) electrons. The minimum absolute atomic E-state index is 0.244. The smallest absolute Gasteiger partial charge is 0.356 e. The number of fused-ring (bicyclic) bond motifs is 2. The fourth-order valence-corrected chi connectivity index (χ4v) is 4.65. The molecule has 0 atom stereocenters. The SMILES string of the molecule is COc1ccc2oc(=O)c(S(=O)(=O)N3CCc4ccccc4C3)cc2c1. The normalized spacial score (nSPS) is 15.0. The van der Waals surface area contributed by atoms with Gasteiger partial charge in [0.25, 0.3) is 10.0 Å². The zero-order chi connectivity index (χ0) is 18.3. The number of benzene rings is 2. The first-order valence-electron chi connectivity index (χ1n) is 8.18. The Bertz CT molecular complexity index is 1150. The molecule has 0 saturated carbocycles. The maximum absolute atomic E-state index is 13.1. The largest absolute Gasteiger partial charge is 0.497 e. The lowest BCUT2D eigenvalue weighted by Crippen LogP contribution is -2.37. The van der Waals surface area contributed by atoms with E-state index in [0.717, 1.165) is 11.1 Å². The van der Waals surface area contributed by atoms with Crippen LogP contribution in [-0.2, 0) is 23.0 Å². The van der Waals surface area contributed by atoms with Crippen LogP contribution in [-0.4, -0.2) is 26.4 Å². The molecule has 2 aromatic carbocycles. The summed E-state index contributed by atoms with van der Waals surface area (Å²) < 4.78 is 37.8. The van der Waals surface area contributed by atoms with Crippen molar-refractivity contribution in [2.24, 2.45) is 0 Å². The van der Waals surface area contributed by atoms with Crippen LogP contribution in [0.4, 0.5) is 0 Å². The van der Waals surface area contributed by atoms with E-state index in [0.29, 0.717) is 29.7 Å². The summed E-state index contributed by atoms with van der Waals surface area (Å²) in [6.45, 7) is 0.572. The highest BCUT2D eigenvalue weighted by Crippen LogP contribution is 2.26. The van der Waals surface area contributed by atoms with Gasteiger partial charge >= 0.3 is 5.63 Å². The third-order valence-corrected chi connectivity index (χ3v) is 6.45. The summed E-state index contributed by atoms with van der Waals surface area (Å²) in [7, 11) is -2.44. The molecule has 2 heterocycles. The van der Waals surface area contributed by atoms with Gasteiger partial charge in [-0.05, 0) is 41.8 Å². The van der Waals surface area contributed by atoms with Gasteiger partial charge in [0.15, 0.2) is 4.90 Å². The first-order chi connectivity index (χ1) is 12.5. The van der Waals surface area contributed by atoms with Gasteiger partial charge in [0.05, 0.1) is 7.11 Å². The topological polar surface area (TPSA) is 76.8 Å². The van der Waals surface area contributed by atoms with Gasteiger partial charge in [-0.15, -0.1) is 0 Å². The Morgan fingerprint density at radius 2 is 1.85 bits per heavy atom. The highest BCUT2D eigenvalue weighted by atomic mass is 32.2. The Labute approximate surface area is 150 Å². The quantitative estimate of drug-likeness (QED) is 0.661. The van der Waals surface area contributed by atoms with Gasteiger partial charge < -0.3 is 9.15 Å². The molecule has 6 nitrogen and oxygen atoms in total. The lowest BCUT2D eigenvalue weighted by atomic mass is 10.0. The van der Waals surface area contributed by atoms with Gasteiger partial charge in [0, 0.05) is 18.5 Å². The van der Waals surface area contributed by atoms with E-state index >= 15 is 0 Å². The Morgan fingerprint density at radius 3 is 2.62 bits per heavy atom. The van der Waals surface area contributed by atoms with Crippen molar-refractivity contribution in [3.63, 3.8) is 0 Å². The maximum atomic E-state index is 13.1. The van der Waals surface area contributed by atoms with Crippen LogP contribution < -0.4 is 10.4 Å². The molecule has 0 N–H and O–H groups in total. The summed E-state index contributed by atoms with van der Waals surface area (Å²) in [6, 6.07) is 14.0. The van der Waals surface area contributed by atoms with Gasteiger partial charge in [0.2, 0.25) is 0 Å². The molecule has 1 aromatic heterocycles. The molecule has 26 heavy (non-hydrogen) atoms. The van der Waals surface area contributed by atoms with E-state index in [2.05, 4.69) is 0 Å². The summed E-state index contributed by atoms with van der Waals surface area (Å²) in [5.74, 6) is 0.557. The summed E-state index contributed by atoms with van der Waals surface area (Å²) in [4.78, 5) is 12.0. The van der Waals surface area contributed by atoms with Gasteiger partial charge in [-0.2, -0.15) is 4.31 Å². The van der Waals surface area contributed by atoms with Crippen molar-refractivity contribution in [2.45, 2.75) is 17.9 Å². The highest BCUT2D eigenvalue weighted by molar-refractivity contribution is 7.89.